The molecule has 2 rings (SSSR count). The molecule has 1 aromatic carbocycles. The van der Waals surface area contributed by atoms with Crippen molar-refractivity contribution in [2.24, 2.45) is 11.3 Å². The number of amides is 2. The Balaban J connectivity index is 1.65. The smallest absolute Gasteiger partial charge is 0.309 e. The van der Waals surface area contributed by atoms with Crippen molar-refractivity contribution in [3.05, 3.63) is 30.3 Å². The Hall–Kier alpha value is -2.57. The molecule has 7 nitrogen and oxygen atoms in total. The second-order valence-corrected chi connectivity index (χ2v) is 7.80. The summed E-state index contributed by atoms with van der Waals surface area (Å²) in [6.45, 7) is 5.09. The number of rotatable bonds is 9. The lowest BCUT2D eigenvalue weighted by Crippen LogP contribution is -2.44. The lowest BCUT2D eigenvalue weighted by atomic mass is 9.89. The summed E-state index contributed by atoms with van der Waals surface area (Å²) >= 11 is 0. The van der Waals surface area contributed by atoms with Crippen LogP contribution in [0.2, 0.25) is 0 Å². The maximum absolute atomic E-state index is 12.3. The van der Waals surface area contributed by atoms with Crippen molar-refractivity contribution < 1.29 is 24.2 Å². The zero-order valence-corrected chi connectivity index (χ0v) is 16.6. The van der Waals surface area contributed by atoms with Gasteiger partial charge in [0.15, 0.2) is 0 Å². The van der Waals surface area contributed by atoms with Crippen molar-refractivity contribution in [3.63, 3.8) is 0 Å². The minimum Gasteiger partial charge on any atom is -0.493 e. The molecule has 0 aromatic heterocycles. The van der Waals surface area contributed by atoms with Gasteiger partial charge in [-0.3, -0.25) is 14.4 Å². The predicted molar refractivity (Wildman–Crippen MR) is 105 cm³/mol. The fourth-order valence-electron chi connectivity index (χ4n) is 3.07. The van der Waals surface area contributed by atoms with E-state index in [4.69, 9.17) is 9.84 Å². The third-order valence-electron chi connectivity index (χ3n) is 5.17. The summed E-state index contributed by atoms with van der Waals surface area (Å²) in [7, 11) is 0. The first-order valence-electron chi connectivity index (χ1n) is 9.76. The van der Waals surface area contributed by atoms with E-state index in [-0.39, 0.29) is 17.7 Å². The van der Waals surface area contributed by atoms with Crippen LogP contribution in [0.15, 0.2) is 30.3 Å². The monoisotopic (exact) mass is 390 g/mol. The second-order valence-electron chi connectivity index (χ2n) is 7.80. The topological polar surface area (TPSA) is 95.9 Å². The average Bonchev–Trinajstić information content (AvgIpc) is 2.68. The van der Waals surface area contributed by atoms with Crippen LogP contribution in [-0.4, -0.2) is 54.0 Å². The Morgan fingerprint density at radius 2 is 1.82 bits per heavy atom. The maximum atomic E-state index is 12.3. The number of hydrogen-bond donors (Lipinski definition) is 2. The van der Waals surface area contributed by atoms with Crippen molar-refractivity contribution in [2.75, 3.05) is 26.2 Å². The molecule has 2 N–H and O–H groups in total. The number of likely N-dealkylation sites (tertiary alicyclic amines) is 1. The molecule has 1 saturated heterocycles. The van der Waals surface area contributed by atoms with Gasteiger partial charge in [-0.25, -0.2) is 0 Å². The van der Waals surface area contributed by atoms with Crippen molar-refractivity contribution in [1.29, 1.82) is 0 Å². The van der Waals surface area contributed by atoms with Crippen molar-refractivity contribution in [2.45, 2.75) is 39.5 Å². The number of nitrogens with zero attached hydrogens (tertiary/aromatic N) is 1. The highest BCUT2D eigenvalue weighted by molar-refractivity contribution is 5.80. The third kappa shape index (κ3) is 6.55. The summed E-state index contributed by atoms with van der Waals surface area (Å²) in [6.07, 6.45) is 1.95. The first-order valence-corrected chi connectivity index (χ1v) is 9.76. The molecule has 0 spiro atoms. The van der Waals surface area contributed by atoms with E-state index in [1.165, 1.54) is 0 Å². The molecule has 2 amide bonds. The van der Waals surface area contributed by atoms with E-state index in [2.05, 4.69) is 5.32 Å². The summed E-state index contributed by atoms with van der Waals surface area (Å²) in [6, 6.07) is 9.38. The molecule has 0 radical (unpaired) electrons. The molecule has 1 aliphatic heterocycles. The largest absolute Gasteiger partial charge is 0.493 e. The minimum atomic E-state index is -0.871. The number of carbonyl (C=O) groups excluding carboxylic acids is 2. The van der Waals surface area contributed by atoms with Crippen molar-refractivity contribution in [3.8, 4) is 5.75 Å². The van der Waals surface area contributed by atoms with Gasteiger partial charge in [-0.15, -0.1) is 0 Å². The fraction of sp³-hybridized carbons (Fsp3) is 0.571. The number of carboxylic acid groups (broad SMARTS) is 1. The molecule has 0 atom stereocenters. The van der Waals surface area contributed by atoms with Crippen molar-refractivity contribution in [1.82, 2.24) is 10.2 Å². The third-order valence-corrected chi connectivity index (χ3v) is 5.17. The second kappa shape index (κ2) is 10.1. The molecule has 154 valence electrons. The van der Waals surface area contributed by atoms with Crippen LogP contribution in [0.3, 0.4) is 0 Å². The van der Waals surface area contributed by atoms with Gasteiger partial charge in [-0.2, -0.15) is 0 Å². The summed E-state index contributed by atoms with van der Waals surface area (Å²) < 4.78 is 5.56. The lowest BCUT2D eigenvalue weighted by Gasteiger charge is -2.31. The lowest BCUT2D eigenvalue weighted by molar-refractivity contribution is -0.147. The van der Waals surface area contributed by atoms with E-state index in [0.717, 1.165) is 5.75 Å². The van der Waals surface area contributed by atoms with E-state index in [1.54, 1.807) is 18.7 Å². The number of hydrogen-bond acceptors (Lipinski definition) is 4. The quantitative estimate of drug-likeness (QED) is 0.675. The summed E-state index contributed by atoms with van der Waals surface area (Å²) in [4.78, 5) is 37.5. The van der Waals surface area contributed by atoms with E-state index in [9.17, 15) is 14.4 Å². The highest BCUT2D eigenvalue weighted by atomic mass is 16.5. The van der Waals surface area contributed by atoms with Crippen LogP contribution in [-0.2, 0) is 14.4 Å². The average molecular weight is 390 g/mol. The Morgan fingerprint density at radius 1 is 1.18 bits per heavy atom. The zero-order chi connectivity index (χ0) is 20.6. The highest BCUT2D eigenvalue weighted by Crippen LogP contribution is 2.21. The molecule has 0 aliphatic carbocycles. The van der Waals surface area contributed by atoms with Gasteiger partial charge in [0.25, 0.3) is 0 Å². The number of nitrogens with one attached hydrogen (secondary N) is 1. The zero-order valence-electron chi connectivity index (χ0n) is 16.6. The van der Waals surface area contributed by atoms with Crippen molar-refractivity contribution >= 4 is 17.8 Å². The van der Waals surface area contributed by atoms with Gasteiger partial charge in [0, 0.05) is 25.6 Å². The van der Waals surface area contributed by atoms with E-state index < -0.39 is 11.4 Å². The molecule has 1 fully saturated rings. The number of carboxylic acids is 1. The molecule has 1 heterocycles. The molecule has 1 aromatic rings. The van der Waals surface area contributed by atoms with Crippen LogP contribution >= 0.6 is 0 Å². The molecular weight excluding hydrogens is 360 g/mol. The number of para-hydroxylation sites is 1. The van der Waals surface area contributed by atoms with Crippen LogP contribution in [0.25, 0.3) is 0 Å². The number of aliphatic carboxylic acids is 1. The van der Waals surface area contributed by atoms with Gasteiger partial charge in [-0.1, -0.05) is 18.2 Å². The molecule has 7 heteroatoms. The minimum absolute atomic E-state index is 0.0398. The van der Waals surface area contributed by atoms with Gasteiger partial charge in [-0.05, 0) is 45.2 Å². The number of ether oxygens (including phenoxy) is 1. The van der Waals surface area contributed by atoms with E-state index in [1.807, 2.05) is 30.3 Å². The standard InChI is InChI=1S/C21H30N2O5/c1-21(2,20(26)27)11-12-22-19(25)16-8-13-23(14-9-16)18(24)10-15-28-17-6-4-3-5-7-17/h3-7,16H,8-15H2,1-2H3,(H,22,25)(H,26,27). The maximum Gasteiger partial charge on any atom is 0.309 e. The molecule has 28 heavy (non-hydrogen) atoms. The van der Waals surface area contributed by atoms with Crippen LogP contribution < -0.4 is 10.1 Å². The van der Waals surface area contributed by atoms with Crippen LogP contribution in [0.1, 0.15) is 39.5 Å². The summed E-state index contributed by atoms with van der Waals surface area (Å²) in [5, 5.41) is 11.9. The van der Waals surface area contributed by atoms with Gasteiger partial charge >= 0.3 is 5.97 Å². The van der Waals surface area contributed by atoms with Crippen LogP contribution in [0.5, 0.6) is 5.75 Å². The number of carbonyl (C=O) groups is 3. The molecular formula is C21H30N2O5. The fourth-order valence-corrected chi connectivity index (χ4v) is 3.07. The number of benzene rings is 1. The Bertz CT molecular complexity index is 667. The van der Waals surface area contributed by atoms with Gasteiger partial charge in [0.05, 0.1) is 18.4 Å². The highest BCUT2D eigenvalue weighted by Gasteiger charge is 2.29. The summed E-state index contributed by atoms with van der Waals surface area (Å²) in [5.41, 5.74) is -0.856. The first-order chi connectivity index (χ1) is 13.3. The Morgan fingerprint density at radius 3 is 2.43 bits per heavy atom. The predicted octanol–water partition coefficient (Wildman–Crippen LogP) is 2.31. The molecule has 0 unspecified atom stereocenters. The SMILES string of the molecule is CC(C)(CCNC(=O)C1CCN(C(=O)CCOc2ccccc2)CC1)C(=O)O. The van der Waals surface area contributed by atoms with Gasteiger partial charge in [0.2, 0.25) is 11.8 Å². The molecule has 0 bridgehead atoms. The van der Waals surface area contributed by atoms with E-state index >= 15 is 0 Å². The van der Waals surface area contributed by atoms with Gasteiger partial charge < -0.3 is 20.1 Å². The first kappa shape index (κ1) is 21.7. The normalized spacial score (nSPS) is 15.1. The Labute approximate surface area is 166 Å². The summed E-state index contributed by atoms with van der Waals surface area (Å²) in [5.74, 6) is -0.266. The van der Waals surface area contributed by atoms with Crippen LogP contribution in [0.4, 0.5) is 0 Å². The molecule has 1 aliphatic rings. The van der Waals surface area contributed by atoms with Gasteiger partial charge in [0.1, 0.15) is 5.75 Å². The molecule has 0 saturated carbocycles. The number of piperidine rings is 1. The Kier molecular flexibility index (Phi) is 7.84. The van der Waals surface area contributed by atoms with Crippen LogP contribution in [0, 0.1) is 11.3 Å². The van der Waals surface area contributed by atoms with E-state index in [0.29, 0.717) is 51.9 Å².